The highest BCUT2D eigenvalue weighted by atomic mass is 15.1. The van der Waals surface area contributed by atoms with Crippen LogP contribution in [0.15, 0.2) is 18.9 Å². The highest BCUT2D eigenvalue weighted by Gasteiger charge is 1.77. The SMILES string of the molecule is C=C/C=c1/cn[nH]c1=C.CC. The van der Waals surface area contributed by atoms with Crippen LogP contribution in [0.5, 0.6) is 0 Å². The first kappa shape index (κ1) is 9.69. The van der Waals surface area contributed by atoms with Crippen LogP contribution in [0.4, 0.5) is 0 Å². The van der Waals surface area contributed by atoms with Crippen LogP contribution in [-0.4, -0.2) is 10.2 Å². The predicted molar refractivity (Wildman–Crippen MR) is 49.4 cm³/mol. The molecule has 0 radical (unpaired) electrons. The molecule has 0 unspecified atom stereocenters. The van der Waals surface area contributed by atoms with Gasteiger partial charge in [0.2, 0.25) is 0 Å². The molecule has 1 N–H and O–H groups in total. The van der Waals surface area contributed by atoms with E-state index in [2.05, 4.69) is 23.4 Å². The van der Waals surface area contributed by atoms with Gasteiger partial charge in [-0.05, 0) is 0 Å². The third kappa shape index (κ3) is 2.85. The first-order valence-electron chi connectivity index (χ1n) is 3.65. The van der Waals surface area contributed by atoms with E-state index in [9.17, 15) is 0 Å². The molecule has 0 bridgehead atoms. The van der Waals surface area contributed by atoms with Gasteiger partial charge in [0.25, 0.3) is 0 Å². The summed E-state index contributed by atoms with van der Waals surface area (Å²) in [6.45, 7) is 11.3. The van der Waals surface area contributed by atoms with E-state index in [1.165, 1.54) is 0 Å². The van der Waals surface area contributed by atoms with E-state index in [-0.39, 0.29) is 0 Å². The normalized spacial score (nSPS) is 10.2. The first-order chi connectivity index (χ1) is 5.34. The summed E-state index contributed by atoms with van der Waals surface area (Å²) < 4.78 is 0. The molecule has 2 nitrogen and oxygen atoms in total. The monoisotopic (exact) mass is 150 g/mol. The van der Waals surface area contributed by atoms with E-state index in [0.29, 0.717) is 0 Å². The van der Waals surface area contributed by atoms with Crippen molar-refractivity contribution in [3.8, 4) is 0 Å². The third-order valence-electron chi connectivity index (χ3n) is 1.05. The number of rotatable bonds is 1. The van der Waals surface area contributed by atoms with E-state index in [1.54, 1.807) is 12.3 Å². The van der Waals surface area contributed by atoms with Crippen LogP contribution in [0.2, 0.25) is 0 Å². The number of allylic oxidation sites excluding steroid dienone is 1. The van der Waals surface area contributed by atoms with Crippen LogP contribution < -0.4 is 10.6 Å². The zero-order valence-corrected chi connectivity index (χ0v) is 7.09. The quantitative estimate of drug-likeness (QED) is 0.630. The summed E-state index contributed by atoms with van der Waals surface area (Å²) in [5.41, 5.74) is 0. The molecule has 0 spiro atoms. The van der Waals surface area contributed by atoms with Gasteiger partial charge in [-0.1, -0.05) is 39.2 Å². The summed E-state index contributed by atoms with van der Waals surface area (Å²) in [4.78, 5) is 0. The number of hydrogen-bond acceptors (Lipinski definition) is 1. The van der Waals surface area contributed by atoms with Crippen molar-refractivity contribution in [1.29, 1.82) is 0 Å². The molecule has 0 aromatic carbocycles. The molecule has 0 aliphatic heterocycles. The lowest BCUT2D eigenvalue weighted by atomic mass is 10.4. The molecule has 0 amide bonds. The van der Waals surface area contributed by atoms with E-state index in [1.807, 2.05) is 19.9 Å². The second-order valence-electron chi connectivity index (χ2n) is 1.71. The van der Waals surface area contributed by atoms with Gasteiger partial charge >= 0.3 is 0 Å². The number of aromatic nitrogens is 2. The Morgan fingerprint density at radius 2 is 2.18 bits per heavy atom. The number of nitrogens with one attached hydrogen (secondary N) is 1. The Bertz CT molecular complexity index is 296. The Morgan fingerprint density at radius 1 is 1.55 bits per heavy atom. The van der Waals surface area contributed by atoms with Crippen molar-refractivity contribution in [3.63, 3.8) is 0 Å². The maximum atomic E-state index is 3.77. The molecule has 1 aromatic rings. The summed E-state index contributed by atoms with van der Waals surface area (Å²) in [5, 5.41) is 8.31. The third-order valence-corrected chi connectivity index (χ3v) is 1.05. The molecule has 0 fully saturated rings. The molecule has 60 valence electrons. The number of hydrogen-bond donors (Lipinski definition) is 1. The van der Waals surface area contributed by atoms with Crippen molar-refractivity contribution in [1.82, 2.24) is 10.2 Å². The van der Waals surface area contributed by atoms with Gasteiger partial charge in [0, 0.05) is 5.22 Å². The van der Waals surface area contributed by atoms with E-state index >= 15 is 0 Å². The Balaban J connectivity index is 0.000000461. The lowest BCUT2D eigenvalue weighted by Gasteiger charge is -1.67. The molecular formula is C9H14N2. The smallest absolute Gasteiger partial charge is 0.0578 e. The van der Waals surface area contributed by atoms with Crippen LogP contribution in [0.1, 0.15) is 13.8 Å². The zero-order valence-electron chi connectivity index (χ0n) is 7.09. The van der Waals surface area contributed by atoms with Crippen molar-refractivity contribution in [2.75, 3.05) is 0 Å². The summed E-state index contributed by atoms with van der Waals surface area (Å²) in [5.74, 6) is 0. The standard InChI is InChI=1S/C7H8N2.C2H6/c1-3-4-7-5-8-9-6(7)2;1-2/h3-5,9H,1-2H2;1-2H3/b7-4-;. The summed E-state index contributed by atoms with van der Waals surface area (Å²) in [6.07, 6.45) is 5.27. The van der Waals surface area contributed by atoms with Gasteiger partial charge in [0.1, 0.15) is 0 Å². The van der Waals surface area contributed by atoms with Crippen LogP contribution in [0.25, 0.3) is 12.7 Å². The molecular weight excluding hydrogens is 136 g/mol. The molecule has 2 heteroatoms. The zero-order chi connectivity index (χ0) is 8.69. The Labute approximate surface area is 67.0 Å². The van der Waals surface area contributed by atoms with Gasteiger partial charge in [-0.25, -0.2) is 0 Å². The van der Waals surface area contributed by atoms with Crippen LogP contribution in [0, 0.1) is 0 Å². The maximum absolute atomic E-state index is 3.77. The van der Waals surface area contributed by atoms with E-state index < -0.39 is 0 Å². The molecule has 0 aliphatic carbocycles. The molecule has 1 heterocycles. The highest BCUT2D eigenvalue weighted by Crippen LogP contribution is 1.60. The average molecular weight is 150 g/mol. The fourth-order valence-electron chi connectivity index (χ4n) is 0.593. The van der Waals surface area contributed by atoms with E-state index in [0.717, 1.165) is 10.6 Å². The summed E-state index contributed by atoms with van der Waals surface area (Å²) in [6, 6.07) is 0. The summed E-state index contributed by atoms with van der Waals surface area (Å²) in [7, 11) is 0. The summed E-state index contributed by atoms with van der Waals surface area (Å²) >= 11 is 0. The number of nitrogens with zero attached hydrogens (tertiary/aromatic N) is 1. The highest BCUT2D eigenvalue weighted by molar-refractivity contribution is 5.33. The Hall–Kier alpha value is -1.31. The second kappa shape index (κ2) is 5.47. The molecule has 0 saturated carbocycles. The van der Waals surface area contributed by atoms with Crippen LogP contribution in [-0.2, 0) is 0 Å². The van der Waals surface area contributed by atoms with Crippen molar-refractivity contribution < 1.29 is 0 Å². The molecule has 0 atom stereocenters. The Kier molecular flexibility index (Phi) is 4.82. The van der Waals surface area contributed by atoms with Crippen LogP contribution in [0.3, 0.4) is 0 Å². The number of H-pyrrole nitrogens is 1. The molecule has 0 aliphatic rings. The largest absolute Gasteiger partial charge is 0.278 e. The van der Waals surface area contributed by atoms with Crippen molar-refractivity contribution in [3.05, 3.63) is 29.4 Å². The molecule has 0 saturated heterocycles. The predicted octanol–water partition coefficient (Wildman–Crippen LogP) is 0.813. The van der Waals surface area contributed by atoms with E-state index in [4.69, 9.17) is 0 Å². The van der Waals surface area contributed by atoms with Crippen molar-refractivity contribution in [2.45, 2.75) is 13.8 Å². The minimum Gasteiger partial charge on any atom is -0.278 e. The minimum atomic E-state index is 0.829. The van der Waals surface area contributed by atoms with Gasteiger partial charge in [0.05, 0.1) is 11.5 Å². The lowest BCUT2D eigenvalue weighted by Crippen LogP contribution is -2.19. The molecule has 1 rings (SSSR count). The lowest BCUT2D eigenvalue weighted by molar-refractivity contribution is 1.06. The van der Waals surface area contributed by atoms with Crippen molar-refractivity contribution >= 4 is 12.7 Å². The van der Waals surface area contributed by atoms with Crippen molar-refractivity contribution in [2.24, 2.45) is 0 Å². The molecule has 1 aromatic heterocycles. The maximum Gasteiger partial charge on any atom is 0.0578 e. The fourth-order valence-corrected chi connectivity index (χ4v) is 0.593. The Morgan fingerprint density at radius 3 is 2.55 bits per heavy atom. The van der Waals surface area contributed by atoms with Gasteiger partial charge in [-0.2, -0.15) is 5.10 Å². The number of aromatic amines is 1. The average Bonchev–Trinajstić information content (AvgIpc) is 2.42. The van der Waals surface area contributed by atoms with Gasteiger partial charge < -0.3 is 0 Å². The van der Waals surface area contributed by atoms with Crippen LogP contribution >= 0.6 is 0 Å². The molecule has 11 heavy (non-hydrogen) atoms. The minimum absolute atomic E-state index is 0.829. The van der Waals surface area contributed by atoms with Gasteiger partial charge in [-0.15, -0.1) is 0 Å². The van der Waals surface area contributed by atoms with Gasteiger partial charge in [-0.3, -0.25) is 5.10 Å². The second-order valence-corrected chi connectivity index (χ2v) is 1.71. The topological polar surface area (TPSA) is 28.7 Å². The van der Waals surface area contributed by atoms with Gasteiger partial charge in [0.15, 0.2) is 0 Å². The fraction of sp³-hybridized carbons (Fsp3) is 0.222. The first-order valence-corrected chi connectivity index (χ1v) is 3.65.